The molecule has 5 atom stereocenters. The number of phenolic OH excluding ortho intramolecular Hbond substituents is 2. The molecular weight excluding hydrogens is 624 g/mol. The van der Waals surface area contributed by atoms with Crippen LogP contribution in [-0.4, -0.2) is 98.3 Å². The largest absolute Gasteiger partial charge is 0.508 e. The summed E-state index contributed by atoms with van der Waals surface area (Å²) in [5.74, 6) is -2.89. The number of thioether (sulfide) groups is 1. The number of unbranched alkanes of at least 4 members (excludes halogenated alkanes) is 4. The maximum Gasteiger partial charge on any atom is 0.326 e. The Hall–Kier alpha value is -3.81. The summed E-state index contributed by atoms with van der Waals surface area (Å²) in [6.07, 6.45) is 5.85. The average molecular weight is 675 g/mol. The lowest BCUT2D eigenvalue weighted by molar-refractivity contribution is -0.147. The van der Waals surface area contributed by atoms with E-state index >= 15 is 0 Å². The topological polar surface area (TPSA) is 203 Å². The fraction of sp³-hybridized carbons (Fsp3) is 0.529. The summed E-state index contributed by atoms with van der Waals surface area (Å²) in [7, 11) is 1.41. The second-order valence-corrected chi connectivity index (χ2v) is 12.7. The van der Waals surface area contributed by atoms with Crippen LogP contribution in [0.25, 0.3) is 0 Å². The standard InChI is InChI=1S/C34H50N4O8S/c1-4-5-6-7-8-9-26(35)30(41)33(44)38(2)29(18-19-47-3)32(43)36-27(20-22-10-14-24(39)15-11-22)31(42)37-28(34(45)46)21-23-12-16-25(40)17-13-23/h10-17,26-30,39-41H,4-9,18-21,35H2,1-3H3,(H,36,43)(H,37,42)(H,45,46). The lowest BCUT2D eigenvalue weighted by Gasteiger charge is -2.32. The number of hydrogen-bond donors (Lipinski definition) is 7. The van der Waals surface area contributed by atoms with Gasteiger partial charge in [-0.05, 0) is 60.2 Å². The van der Waals surface area contributed by atoms with E-state index in [-0.39, 0.29) is 30.8 Å². The molecule has 12 nitrogen and oxygen atoms in total. The van der Waals surface area contributed by atoms with E-state index < -0.39 is 54.0 Å². The number of carbonyl (C=O) groups excluding carboxylic acids is 3. The van der Waals surface area contributed by atoms with Gasteiger partial charge in [0.05, 0.1) is 0 Å². The molecule has 3 amide bonds. The van der Waals surface area contributed by atoms with Crippen molar-refractivity contribution in [3.8, 4) is 11.5 Å². The number of aliphatic hydroxyl groups excluding tert-OH is 1. The minimum absolute atomic E-state index is 0.00798. The normalized spacial score (nSPS) is 14.3. The van der Waals surface area contributed by atoms with Crippen LogP contribution in [0.3, 0.4) is 0 Å². The Morgan fingerprint density at radius 2 is 1.32 bits per heavy atom. The van der Waals surface area contributed by atoms with Crippen LogP contribution in [-0.2, 0) is 32.0 Å². The zero-order valence-electron chi connectivity index (χ0n) is 27.4. The fourth-order valence-electron chi connectivity index (χ4n) is 5.10. The molecule has 0 aliphatic rings. The van der Waals surface area contributed by atoms with Crippen LogP contribution in [0, 0.1) is 0 Å². The molecule has 2 rings (SSSR count). The minimum Gasteiger partial charge on any atom is -0.508 e. The van der Waals surface area contributed by atoms with Crippen molar-refractivity contribution < 1.29 is 39.6 Å². The monoisotopic (exact) mass is 674 g/mol. The van der Waals surface area contributed by atoms with Crippen molar-refractivity contribution in [2.75, 3.05) is 19.1 Å². The molecule has 8 N–H and O–H groups in total. The lowest BCUT2D eigenvalue weighted by Crippen LogP contribution is -2.58. The van der Waals surface area contributed by atoms with Crippen LogP contribution in [0.15, 0.2) is 48.5 Å². The summed E-state index contributed by atoms with van der Waals surface area (Å²) in [5.41, 5.74) is 7.31. The molecule has 0 aliphatic carbocycles. The number of aromatic hydroxyl groups is 2. The van der Waals surface area contributed by atoms with Crippen LogP contribution in [0.2, 0.25) is 0 Å². The number of carboxylic acid groups (broad SMARTS) is 1. The molecule has 0 radical (unpaired) electrons. The molecular formula is C34H50N4O8S. The van der Waals surface area contributed by atoms with Gasteiger partial charge < -0.3 is 41.7 Å². The van der Waals surface area contributed by atoms with Gasteiger partial charge in [-0.15, -0.1) is 0 Å². The predicted molar refractivity (Wildman–Crippen MR) is 182 cm³/mol. The molecule has 2 aromatic carbocycles. The molecule has 0 spiro atoms. The van der Waals surface area contributed by atoms with E-state index in [9.17, 15) is 39.6 Å². The molecule has 0 saturated heterocycles. The van der Waals surface area contributed by atoms with Crippen LogP contribution < -0.4 is 16.4 Å². The SMILES string of the molecule is CCCCCCCC(N)C(O)C(=O)N(C)C(CCSC)C(=O)NC(Cc1ccc(O)cc1)C(=O)NC(Cc1ccc(O)cc1)C(=O)O. The van der Waals surface area contributed by atoms with Crippen LogP contribution >= 0.6 is 11.8 Å². The second kappa shape index (κ2) is 20.4. The Kier molecular flexibility index (Phi) is 17.1. The van der Waals surface area contributed by atoms with Gasteiger partial charge in [-0.3, -0.25) is 14.4 Å². The number of carboxylic acids is 1. The number of rotatable bonds is 21. The van der Waals surface area contributed by atoms with E-state index in [1.807, 2.05) is 6.26 Å². The Labute approximate surface area is 281 Å². The first-order valence-corrected chi connectivity index (χ1v) is 17.4. The molecule has 260 valence electrons. The number of carbonyl (C=O) groups is 4. The number of amides is 3. The number of aliphatic carboxylic acids is 1. The van der Waals surface area contributed by atoms with Gasteiger partial charge in [0.1, 0.15) is 35.7 Å². The van der Waals surface area contributed by atoms with Crippen molar-refractivity contribution in [2.45, 2.75) is 95.0 Å². The van der Waals surface area contributed by atoms with Gasteiger partial charge in [0, 0.05) is 25.9 Å². The molecule has 0 bridgehead atoms. The third-order valence-corrected chi connectivity index (χ3v) is 8.66. The van der Waals surface area contributed by atoms with E-state index in [2.05, 4.69) is 17.6 Å². The molecule has 0 aromatic heterocycles. The summed E-state index contributed by atoms with van der Waals surface area (Å²) in [4.78, 5) is 53.9. The smallest absolute Gasteiger partial charge is 0.326 e. The minimum atomic E-state index is -1.51. The Bertz CT molecular complexity index is 1280. The summed E-state index contributed by atoms with van der Waals surface area (Å²) >= 11 is 1.46. The third kappa shape index (κ3) is 13.4. The van der Waals surface area contributed by atoms with E-state index in [0.29, 0.717) is 23.3 Å². The van der Waals surface area contributed by atoms with Crippen molar-refractivity contribution in [1.82, 2.24) is 15.5 Å². The molecule has 47 heavy (non-hydrogen) atoms. The van der Waals surface area contributed by atoms with E-state index in [1.54, 1.807) is 24.3 Å². The van der Waals surface area contributed by atoms with Gasteiger partial charge in [0.2, 0.25) is 11.8 Å². The van der Waals surface area contributed by atoms with E-state index in [4.69, 9.17) is 5.73 Å². The summed E-state index contributed by atoms with van der Waals surface area (Å²) in [5, 5.41) is 45.1. The predicted octanol–water partition coefficient (Wildman–Crippen LogP) is 2.57. The Balaban J connectivity index is 2.25. The van der Waals surface area contributed by atoms with Gasteiger partial charge in [-0.2, -0.15) is 11.8 Å². The van der Waals surface area contributed by atoms with Gasteiger partial charge in [0.25, 0.3) is 5.91 Å². The summed E-state index contributed by atoms with van der Waals surface area (Å²) < 4.78 is 0. The molecule has 5 unspecified atom stereocenters. The number of nitrogens with two attached hydrogens (primary N) is 1. The zero-order chi connectivity index (χ0) is 34.9. The first-order valence-electron chi connectivity index (χ1n) is 16.0. The van der Waals surface area contributed by atoms with Crippen molar-refractivity contribution in [1.29, 1.82) is 0 Å². The third-order valence-electron chi connectivity index (χ3n) is 8.01. The van der Waals surface area contributed by atoms with E-state index in [1.165, 1.54) is 43.1 Å². The van der Waals surface area contributed by atoms with Crippen molar-refractivity contribution in [3.63, 3.8) is 0 Å². The van der Waals surface area contributed by atoms with Crippen LogP contribution in [0.4, 0.5) is 0 Å². The zero-order valence-corrected chi connectivity index (χ0v) is 28.2. The number of hydrogen-bond acceptors (Lipinski definition) is 9. The van der Waals surface area contributed by atoms with Gasteiger partial charge in [-0.1, -0.05) is 63.3 Å². The molecule has 0 aliphatic heterocycles. The fourth-order valence-corrected chi connectivity index (χ4v) is 5.56. The molecule has 0 fully saturated rings. The van der Waals surface area contributed by atoms with Gasteiger partial charge in [0.15, 0.2) is 0 Å². The second-order valence-electron chi connectivity index (χ2n) is 11.8. The lowest BCUT2D eigenvalue weighted by atomic mass is 10.0. The summed E-state index contributed by atoms with van der Waals surface area (Å²) in [6.45, 7) is 2.11. The number of phenols is 2. The molecule has 13 heteroatoms. The highest BCUT2D eigenvalue weighted by molar-refractivity contribution is 7.98. The van der Waals surface area contributed by atoms with Crippen molar-refractivity contribution >= 4 is 35.5 Å². The maximum atomic E-state index is 13.8. The van der Waals surface area contributed by atoms with Crippen molar-refractivity contribution in [2.24, 2.45) is 5.73 Å². The quantitative estimate of drug-likeness (QED) is 0.0965. The van der Waals surface area contributed by atoms with Gasteiger partial charge >= 0.3 is 5.97 Å². The maximum absolute atomic E-state index is 13.8. The molecule has 2 aromatic rings. The number of nitrogens with zero attached hydrogens (tertiary/aromatic N) is 1. The number of benzene rings is 2. The Morgan fingerprint density at radius 1 is 0.809 bits per heavy atom. The highest BCUT2D eigenvalue weighted by Crippen LogP contribution is 2.16. The summed E-state index contributed by atoms with van der Waals surface area (Å²) in [6, 6.07) is 7.48. The molecule has 0 saturated carbocycles. The van der Waals surface area contributed by atoms with Crippen molar-refractivity contribution in [3.05, 3.63) is 59.7 Å². The van der Waals surface area contributed by atoms with Gasteiger partial charge in [-0.25, -0.2) is 4.79 Å². The van der Waals surface area contributed by atoms with Crippen LogP contribution in [0.1, 0.15) is 63.0 Å². The first kappa shape index (κ1) is 39.4. The highest BCUT2D eigenvalue weighted by atomic mass is 32.2. The first-order chi connectivity index (χ1) is 22.4. The highest BCUT2D eigenvalue weighted by Gasteiger charge is 2.35. The average Bonchev–Trinajstić information content (AvgIpc) is 3.05. The Morgan fingerprint density at radius 3 is 1.83 bits per heavy atom. The number of nitrogens with one attached hydrogen (secondary N) is 2. The molecule has 0 heterocycles. The van der Waals surface area contributed by atoms with Crippen LogP contribution in [0.5, 0.6) is 11.5 Å². The number of aliphatic hydroxyl groups is 1. The van der Waals surface area contributed by atoms with E-state index in [0.717, 1.165) is 37.0 Å². The number of likely N-dealkylation sites (N-methyl/N-ethyl adjacent to an activating group) is 1.